The van der Waals surface area contributed by atoms with Crippen LogP contribution in [0.25, 0.3) is 10.2 Å². The maximum absolute atomic E-state index is 13.1. The second-order valence-electron chi connectivity index (χ2n) is 4.49. The van der Waals surface area contributed by atoms with E-state index in [2.05, 4.69) is 29.0 Å². The lowest BCUT2D eigenvalue weighted by Gasteiger charge is -2.19. The number of hydrogen-bond acceptors (Lipinski definition) is 4. The second-order valence-corrected chi connectivity index (χ2v) is 5.52. The maximum atomic E-state index is 13.1. The number of fused-ring (bicyclic) bond motifs is 1. The third-order valence-corrected chi connectivity index (χ3v) is 4.02. The molecule has 0 aliphatic heterocycles. The first-order valence-corrected chi connectivity index (χ1v) is 7.57. The van der Waals surface area contributed by atoms with E-state index in [0.717, 1.165) is 41.5 Å². The number of aromatic nitrogens is 1. The normalized spacial score (nSPS) is 11.4. The number of nitrogens with zero attached hydrogens (tertiary/aromatic N) is 2. The Morgan fingerprint density at radius 1 is 1.32 bits per heavy atom. The van der Waals surface area contributed by atoms with Gasteiger partial charge in [0.25, 0.3) is 0 Å². The van der Waals surface area contributed by atoms with Gasteiger partial charge in [0.15, 0.2) is 5.13 Å². The third-order valence-electron chi connectivity index (χ3n) is 3.04. The zero-order valence-corrected chi connectivity index (χ0v) is 12.3. The highest BCUT2D eigenvalue weighted by Gasteiger charge is 2.05. The van der Waals surface area contributed by atoms with Gasteiger partial charge in [0.1, 0.15) is 5.82 Å². The van der Waals surface area contributed by atoms with Gasteiger partial charge in [0.05, 0.1) is 10.2 Å². The van der Waals surface area contributed by atoms with E-state index in [0.29, 0.717) is 0 Å². The van der Waals surface area contributed by atoms with Crippen LogP contribution in [-0.4, -0.2) is 36.1 Å². The Hall–Kier alpha value is -1.20. The molecule has 1 aromatic heterocycles. The van der Waals surface area contributed by atoms with Crippen LogP contribution in [0.15, 0.2) is 18.2 Å². The minimum absolute atomic E-state index is 0.206. The Morgan fingerprint density at radius 2 is 2.16 bits per heavy atom. The number of likely N-dealkylation sites (N-methyl/N-ethyl adjacent to an activating group) is 1. The molecule has 0 bridgehead atoms. The van der Waals surface area contributed by atoms with Crippen molar-refractivity contribution in [3.05, 3.63) is 24.0 Å². The zero-order valence-electron chi connectivity index (χ0n) is 11.4. The molecule has 0 aliphatic carbocycles. The van der Waals surface area contributed by atoms with Crippen LogP contribution in [0, 0.1) is 5.82 Å². The van der Waals surface area contributed by atoms with Crippen molar-refractivity contribution in [3.8, 4) is 0 Å². The van der Waals surface area contributed by atoms with Crippen LogP contribution in [0.2, 0.25) is 0 Å². The minimum Gasteiger partial charge on any atom is -0.360 e. The van der Waals surface area contributed by atoms with Crippen molar-refractivity contribution in [1.82, 2.24) is 9.88 Å². The summed E-state index contributed by atoms with van der Waals surface area (Å²) in [5.74, 6) is -0.206. The number of benzene rings is 1. The van der Waals surface area contributed by atoms with E-state index in [9.17, 15) is 4.39 Å². The first-order valence-electron chi connectivity index (χ1n) is 6.75. The fourth-order valence-corrected chi connectivity index (χ4v) is 2.96. The Balaban J connectivity index is 1.91. The lowest BCUT2D eigenvalue weighted by molar-refractivity contribution is 0.300. The highest BCUT2D eigenvalue weighted by atomic mass is 32.1. The van der Waals surface area contributed by atoms with Crippen molar-refractivity contribution in [2.45, 2.75) is 20.3 Å². The van der Waals surface area contributed by atoms with Gasteiger partial charge in [-0.2, -0.15) is 0 Å². The minimum atomic E-state index is -0.206. The summed E-state index contributed by atoms with van der Waals surface area (Å²) >= 11 is 1.50. The van der Waals surface area contributed by atoms with Crippen LogP contribution in [0.5, 0.6) is 0 Å². The average Bonchev–Trinajstić information content (AvgIpc) is 2.79. The van der Waals surface area contributed by atoms with Crippen molar-refractivity contribution in [2.75, 3.05) is 31.5 Å². The van der Waals surface area contributed by atoms with E-state index in [1.165, 1.54) is 29.9 Å². The molecule has 0 atom stereocenters. The Kier molecular flexibility index (Phi) is 5.10. The first kappa shape index (κ1) is 14.2. The topological polar surface area (TPSA) is 28.2 Å². The highest BCUT2D eigenvalue weighted by molar-refractivity contribution is 7.22. The van der Waals surface area contributed by atoms with E-state index < -0.39 is 0 Å². The predicted octanol–water partition coefficient (Wildman–Crippen LogP) is 3.58. The van der Waals surface area contributed by atoms with Gasteiger partial charge >= 0.3 is 0 Å². The van der Waals surface area contributed by atoms with E-state index in [1.54, 1.807) is 6.07 Å². The predicted molar refractivity (Wildman–Crippen MR) is 80.5 cm³/mol. The van der Waals surface area contributed by atoms with Gasteiger partial charge in [-0.25, -0.2) is 9.37 Å². The van der Waals surface area contributed by atoms with Crippen molar-refractivity contribution < 1.29 is 4.39 Å². The van der Waals surface area contributed by atoms with Gasteiger partial charge in [0, 0.05) is 13.1 Å². The number of hydrogen-bond donors (Lipinski definition) is 1. The van der Waals surface area contributed by atoms with Gasteiger partial charge < -0.3 is 10.2 Å². The molecule has 5 heteroatoms. The van der Waals surface area contributed by atoms with Crippen LogP contribution in [-0.2, 0) is 0 Å². The van der Waals surface area contributed by atoms with E-state index >= 15 is 0 Å². The molecule has 0 saturated heterocycles. The van der Waals surface area contributed by atoms with Gasteiger partial charge in [-0.3, -0.25) is 0 Å². The molecule has 0 aliphatic rings. The molecule has 0 fully saturated rings. The summed E-state index contributed by atoms with van der Waals surface area (Å²) in [5.41, 5.74) is 0.856. The first-order chi connectivity index (χ1) is 9.22. The molecule has 0 spiro atoms. The van der Waals surface area contributed by atoms with Gasteiger partial charge in [-0.15, -0.1) is 0 Å². The lowest BCUT2D eigenvalue weighted by Crippen LogP contribution is -2.29. The summed E-state index contributed by atoms with van der Waals surface area (Å²) in [5, 5.41) is 4.19. The fraction of sp³-hybridized carbons (Fsp3) is 0.500. The van der Waals surface area contributed by atoms with E-state index in [-0.39, 0.29) is 5.82 Å². The van der Waals surface area contributed by atoms with Crippen LogP contribution in [0.3, 0.4) is 0 Å². The largest absolute Gasteiger partial charge is 0.360 e. The Labute approximate surface area is 117 Å². The zero-order chi connectivity index (χ0) is 13.7. The van der Waals surface area contributed by atoms with Gasteiger partial charge in [0.2, 0.25) is 0 Å². The molecule has 0 saturated carbocycles. The molecule has 0 radical (unpaired) electrons. The summed E-state index contributed by atoms with van der Waals surface area (Å²) in [6, 6.07) is 4.71. The molecular formula is C14H20FN3S. The third kappa shape index (κ3) is 3.88. The smallest absolute Gasteiger partial charge is 0.183 e. The van der Waals surface area contributed by atoms with Gasteiger partial charge in [-0.1, -0.05) is 25.2 Å². The molecule has 104 valence electrons. The molecule has 0 unspecified atom stereocenters. The molecule has 1 N–H and O–H groups in total. The average molecular weight is 281 g/mol. The fourth-order valence-electron chi connectivity index (χ4n) is 2.04. The number of nitrogens with one attached hydrogen (secondary N) is 1. The number of rotatable bonds is 7. The molecule has 3 nitrogen and oxygen atoms in total. The quantitative estimate of drug-likeness (QED) is 0.841. The molecule has 19 heavy (non-hydrogen) atoms. The molecule has 1 heterocycles. The monoisotopic (exact) mass is 281 g/mol. The van der Waals surface area contributed by atoms with Crippen LogP contribution < -0.4 is 5.32 Å². The highest BCUT2D eigenvalue weighted by Crippen LogP contribution is 2.26. The molecule has 1 aromatic carbocycles. The summed E-state index contributed by atoms with van der Waals surface area (Å²) in [6.45, 7) is 8.45. The summed E-state index contributed by atoms with van der Waals surface area (Å²) in [6.07, 6.45) is 1.17. The number of anilines is 1. The second kappa shape index (κ2) is 6.82. The standard InChI is InChI=1S/C14H20FN3S/c1-3-8-18(4-2)9-7-16-14-17-12-6-5-11(15)10-13(12)19-14/h5-6,10H,3-4,7-9H2,1-2H3,(H,16,17). The van der Waals surface area contributed by atoms with Crippen molar-refractivity contribution in [2.24, 2.45) is 0 Å². The van der Waals surface area contributed by atoms with Crippen molar-refractivity contribution in [1.29, 1.82) is 0 Å². The van der Waals surface area contributed by atoms with Crippen molar-refractivity contribution >= 4 is 26.7 Å². The van der Waals surface area contributed by atoms with Crippen LogP contribution in [0.4, 0.5) is 9.52 Å². The van der Waals surface area contributed by atoms with Crippen LogP contribution >= 0.6 is 11.3 Å². The Bertz CT molecular complexity index is 526. The maximum Gasteiger partial charge on any atom is 0.183 e. The summed E-state index contributed by atoms with van der Waals surface area (Å²) in [4.78, 5) is 6.85. The van der Waals surface area contributed by atoms with Crippen LogP contribution in [0.1, 0.15) is 20.3 Å². The van der Waals surface area contributed by atoms with E-state index in [4.69, 9.17) is 0 Å². The summed E-state index contributed by atoms with van der Waals surface area (Å²) in [7, 11) is 0. The SMILES string of the molecule is CCCN(CC)CCNc1nc2ccc(F)cc2s1. The molecule has 2 aromatic rings. The molecule has 0 amide bonds. The summed E-state index contributed by atoms with van der Waals surface area (Å²) < 4.78 is 14.0. The van der Waals surface area contributed by atoms with E-state index in [1.807, 2.05) is 0 Å². The molecule has 2 rings (SSSR count). The lowest BCUT2D eigenvalue weighted by atomic mass is 10.3. The van der Waals surface area contributed by atoms with Gasteiger partial charge in [-0.05, 0) is 37.7 Å². The number of halogens is 1. The van der Waals surface area contributed by atoms with Crippen molar-refractivity contribution in [3.63, 3.8) is 0 Å². The Morgan fingerprint density at radius 3 is 2.89 bits per heavy atom. The molecular weight excluding hydrogens is 261 g/mol. The number of thiazole rings is 1.